The fraction of sp³-hybridized carbons (Fsp3) is 0.100. The molecular weight excluding hydrogens is 210 g/mol. The van der Waals surface area contributed by atoms with Gasteiger partial charge in [-0.25, -0.2) is 9.59 Å². The Bertz CT molecular complexity index is 508. The summed E-state index contributed by atoms with van der Waals surface area (Å²) in [5.41, 5.74) is 0.963. The minimum Gasteiger partial charge on any atom is -0.388 e. The third-order valence-electron chi connectivity index (χ3n) is 1.82. The summed E-state index contributed by atoms with van der Waals surface area (Å²) >= 11 is 0. The average Bonchev–Trinajstić information content (AvgIpc) is 2.26. The zero-order valence-electron chi connectivity index (χ0n) is 8.22. The van der Waals surface area contributed by atoms with Gasteiger partial charge in [0, 0.05) is 17.7 Å². The van der Waals surface area contributed by atoms with Gasteiger partial charge >= 0.3 is 0 Å². The molecule has 0 atom stereocenters. The van der Waals surface area contributed by atoms with E-state index in [9.17, 15) is 9.59 Å². The van der Waals surface area contributed by atoms with Crippen molar-refractivity contribution >= 4 is 23.5 Å². The normalized spacial score (nSPS) is 8.25. The molecule has 16 heavy (non-hydrogen) atoms. The molecule has 0 aromatic heterocycles. The van der Waals surface area contributed by atoms with E-state index in [0.29, 0.717) is 5.56 Å². The van der Waals surface area contributed by atoms with Crippen LogP contribution in [0.2, 0.25) is 0 Å². The van der Waals surface area contributed by atoms with Gasteiger partial charge in [-0.05, 0) is 6.92 Å². The topological polar surface area (TPSA) is 91.9 Å². The van der Waals surface area contributed by atoms with Gasteiger partial charge < -0.3 is 4.74 Å². The van der Waals surface area contributed by atoms with Crippen molar-refractivity contribution < 1.29 is 14.3 Å². The van der Waals surface area contributed by atoms with Gasteiger partial charge in [0.05, 0.1) is 11.4 Å². The lowest BCUT2D eigenvalue weighted by Crippen LogP contribution is -1.84. The molecule has 0 amide bonds. The molecular formula is C10H5N3O3. The average molecular weight is 215 g/mol. The maximum Gasteiger partial charge on any atom is 0.292 e. The molecule has 1 aromatic carbocycles. The molecule has 6 nitrogen and oxygen atoms in total. The zero-order valence-corrected chi connectivity index (χ0v) is 8.22. The number of carbonyl (C=O) groups excluding carboxylic acids is 2. The number of nitrogens with zero attached hydrogens (tertiary/aromatic N) is 3. The molecule has 0 aliphatic heterocycles. The van der Waals surface area contributed by atoms with Crippen LogP contribution in [0.5, 0.6) is 5.75 Å². The molecule has 1 rings (SSSR count). The van der Waals surface area contributed by atoms with Gasteiger partial charge in [-0.2, -0.15) is 9.98 Å². The minimum absolute atomic E-state index is 0.135. The van der Waals surface area contributed by atoms with Gasteiger partial charge in [0.15, 0.2) is 0 Å². The monoisotopic (exact) mass is 215 g/mol. The van der Waals surface area contributed by atoms with Crippen molar-refractivity contribution in [2.45, 2.75) is 6.92 Å². The molecule has 0 fully saturated rings. The van der Waals surface area contributed by atoms with Gasteiger partial charge in [0.1, 0.15) is 5.75 Å². The van der Waals surface area contributed by atoms with E-state index in [1.54, 1.807) is 6.92 Å². The molecule has 78 valence electrons. The van der Waals surface area contributed by atoms with Crippen LogP contribution in [0.3, 0.4) is 0 Å². The molecule has 0 radical (unpaired) electrons. The molecule has 0 aliphatic rings. The number of nitriles is 1. The van der Waals surface area contributed by atoms with E-state index in [1.165, 1.54) is 30.5 Å². The van der Waals surface area contributed by atoms with E-state index in [1.807, 2.05) is 0 Å². The Hall–Kier alpha value is -2.73. The predicted octanol–water partition coefficient (Wildman–Crippen LogP) is 1.79. The van der Waals surface area contributed by atoms with Gasteiger partial charge in [0.2, 0.25) is 12.2 Å². The minimum atomic E-state index is 0.135. The third-order valence-corrected chi connectivity index (χ3v) is 1.82. The highest BCUT2D eigenvalue weighted by Crippen LogP contribution is 2.33. The summed E-state index contributed by atoms with van der Waals surface area (Å²) in [5.74, 6) is 0.135. The Morgan fingerprint density at radius 2 is 1.69 bits per heavy atom. The van der Waals surface area contributed by atoms with Gasteiger partial charge in [-0.1, -0.05) is 0 Å². The lowest BCUT2D eigenvalue weighted by atomic mass is 10.1. The van der Waals surface area contributed by atoms with Crippen LogP contribution in [0.25, 0.3) is 0 Å². The Morgan fingerprint density at radius 1 is 1.19 bits per heavy atom. The molecule has 0 saturated heterocycles. The summed E-state index contributed by atoms with van der Waals surface area (Å²) < 4.78 is 4.56. The van der Waals surface area contributed by atoms with Crippen molar-refractivity contribution in [2.24, 2.45) is 9.98 Å². The van der Waals surface area contributed by atoms with Crippen molar-refractivity contribution in [3.8, 4) is 12.0 Å². The van der Waals surface area contributed by atoms with Crippen LogP contribution < -0.4 is 4.74 Å². The summed E-state index contributed by atoms with van der Waals surface area (Å²) in [6.07, 6.45) is 4.18. The summed E-state index contributed by atoms with van der Waals surface area (Å²) in [6.45, 7) is 1.61. The van der Waals surface area contributed by atoms with Crippen LogP contribution in [0.15, 0.2) is 22.1 Å². The second kappa shape index (κ2) is 5.23. The van der Waals surface area contributed by atoms with Crippen LogP contribution in [-0.2, 0) is 9.59 Å². The lowest BCUT2D eigenvalue weighted by molar-refractivity contribution is 0.507. The molecule has 0 spiro atoms. The Morgan fingerprint density at radius 3 is 2.06 bits per heavy atom. The summed E-state index contributed by atoms with van der Waals surface area (Å²) in [5, 5.41) is 8.34. The third kappa shape index (κ3) is 2.40. The number of aliphatic imine (C=N–C) groups is 2. The SMILES string of the molecule is Cc1c(N=C=O)cc(OC#N)cc1N=C=O. The van der Waals surface area contributed by atoms with Crippen LogP contribution in [-0.4, -0.2) is 12.2 Å². The molecule has 0 saturated carbocycles. The van der Waals surface area contributed by atoms with Crippen molar-refractivity contribution in [3.05, 3.63) is 17.7 Å². The Labute approximate surface area is 90.5 Å². The van der Waals surface area contributed by atoms with Crippen molar-refractivity contribution in [3.63, 3.8) is 0 Å². The van der Waals surface area contributed by atoms with E-state index in [4.69, 9.17) is 5.26 Å². The molecule has 0 bridgehead atoms. The number of hydrogen-bond acceptors (Lipinski definition) is 6. The number of hydrogen-bond donors (Lipinski definition) is 0. The molecule has 0 unspecified atom stereocenters. The highest BCUT2D eigenvalue weighted by atomic mass is 16.5. The first-order chi connectivity index (χ1) is 7.72. The molecule has 0 N–H and O–H groups in total. The lowest BCUT2D eigenvalue weighted by Gasteiger charge is -2.03. The molecule has 6 heteroatoms. The Kier molecular flexibility index (Phi) is 3.71. The van der Waals surface area contributed by atoms with Crippen LogP contribution in [0, 0.1) is 18.4 Å². The summed E-state index contributed by atoms with van der Waals surface area (Å²) in [4.78, 5) is 27.1. The number of rotatable bonds is 3. The first-order valence-electron chi connectivity index (χ1n) is 4.09. The number of ether oxygens (including phenoxy) is 1. The van der Waals surface area contributed by atoms with Crippen molar-refractivity contribution in [2.75, 3.05) is 0 Å². The zero-order chi connectivity index (χ0) is 12.0. The number of benzene rings is 1. The van der Waals surface area contributed by atoms with E-state index in [0.717, 1.165) is 0 Å². The van der Waals surface area contributed by atoms with Crippen LogP contribution >= 0.6 is 0 Å². The first kappa shape index (κ1) is 11.3. The van der Waals surface area contributed by atoms with Crippen molar-refractivity contribution in [1.29, 1.82) is 5.26 Å². The molecule has 0 heterocycles. The van der Waals surface area contributed by atoms with E-state index in [-0.39, 0.29) is 17.1 Å². The first-order valence-corrected chi connectivity index (χ1v) is 4.09. The fourth-order valence-corrected chi connectivity index (χ4v) is 1.10. The molecule has 0 aliphatic carbocycles. The predicted molar refractivity (Wildman–Crippen MR) is 53.0 cm³/mol. The van der Waals surface area contributed by atoms with Crippen LogP contribution in [0.4, 0.5) is 11.4 Å². The van der Waals surface area contributed by atoms with Crippen LogP contribution in [0.1, 0.15) is 5.56 Å². The van der Waals surface area contributed by atoms with E-state index < -0.39 is 0 Å². The van der Waals surface area contributed by atoms with Gasteiger partial charge in [-0.15, -0.1) is 5.26 Å². The quantitative estimate of drug-likeness (QED) is 0.436. The second-order valence-electron chi connectivity index (χ2n) is 2.69. The summed E-state index contributed by atoms with van der Waals surface area (Å²) in [6, 6.07) is 2.74. The highest BCUT2D eigenvalue weighted by Gasteiger charge is 2.07. The maximum atomic E-state index is 10.2. The van der Waals surface area contributed by atoms with Gasteiger partial charge in [0.25, 0.3) is 6.26 Å². The maximum absolute atomic E-state index is 10.2. The van der Waals surface area contributed by atoms with Crippen molar-refractivity contribution in [1.82, 2.24) is 0 Å². The highest BCUT2D eigenvalue weighted by molar-refractivity contribution is 5.68. The van der Waals surface area contributed by atoms with E-state index >= 15 is 0 Å². The van der Waals surface area contributed by atoms with E-state index in [2.05, 4.69) is 14.7 Å². The second-order valence-corrected chi connectivity index (χ2v) is 2.69. The smallest absolute Gasteiger partial charge is 0.292 e. The van der Waals surface area contributed by atoms with Gasteiger partial charge in [-0.3, -0.25) is 0 Å². The number of isocyanates is 2. The fourth-order valence-electron chi connectivity index (χ4n) is 1.10. The largest absolute Gasteiger partial charge is 0.388 e. The molecule has 1 aromatic rings. The summed E-state index contributed by atoms with van der Waals surface area (Å²) in [7, 11) is 0. The Balaban J connectivity index is 3.44. The standard InChI is InChI=1S/C10H5N3O3/c1-7-9(12-5-14)2-8(16-4-11)3-10(7)13-6-15/h2-3H,1H3.